The molecule has 0 aliphatic heterocycles. The maximum Gasteiger partial charge on any atom is 0.346 e. The van der Waals surface area contributed by atoms with Crippen LogP contribution < -0.4 is 4.90 Å². The Morgan fingerprint density at radius 3 is 2.46 bits per heavy atom. The molecule has 0 spiro atoms. The zero-order valence-corrected chi connectivity index (χ0v) is 14.2. The van der Waals surface area contributed by atoms with Crippen LogP contribution in [0.4, 0.5) is 11.5 Å². The highest BCUT2D eigenvalue weighted by Gasteiger charge is 2.33. The van der Waals surface area contributed by atoms with E-state index in [1.165, 1.54) is 11.0 Å². The second-order valence-corrected chi connectivity index (χ2v) is 5.18. The van der Waals surface area contributed by atoms with Crippen molar-refractivity contribution in [2.45, 2.75) is 6.92 Å². The fourth-order valence-electron chi connectivity index (χ4n) is 1.93. The van der Waals surface area contributed by atoms with E-state index in [1.54, 1.807) is 46.2 Å². The van der Waals surface area contributed by atoms with Gasteiger partial charge in [0.05, 0.1) is 11.5 Å². The fourth-order valence-corrected chi connectivity index (χ4v) is 1.93. The zero-order valence-electron chi connectivity index (χ0n) is 14.2. The Balaban J connectivity index is 3.88. The molecule has 0 fully saturated rings. The van der Waals surface area contributed by atoms with E-state index in [2.05, 4.69) is 4.98 Å². The van der Waals surface area contributed by atoms with Gasteiger partial charge in [-0.2, -0.15) is 5.26 Å². The lowest BCUT2D eigenvalue weighted by atomic mass is 10.0. The van der Waals surface area contributed by atoms with Gasteiger partial charge in [-0.1, -0.05) is 0 Å². The Hall–Kier alpha value is -3.15. The highest BCUT2D eigenvalue weighted by molar-refractivity contribution is 5.99. The van der Waals surface area contributed by atoms with Crippen molar-refractivity contribution in [1.82, 2.24) is 9.88 Å². The number of nitrogens with zero attached hydrogens (tertiary/aromatic N) is 5. The van der Waals surface area contributed by atoms with Crippen LogP contribution in [-0.2, 0) is 4.74 Å². The van der Waals surface area contributed by atoms with Crippen molar-refractivity contribution in [3.8, 4) is 6.07 Å². The van der Waals surface area contributed by atoms with Crippen molar-refractivity contribution in [2.75, 3.05) is 39.7 Å². The summed E-state index contributed by atoms with van der Waals surface area (Å²) in [6.45, 7) is 1.61. The third-order valence-electron chi connectivity index (χ3n) is 2.91. The highest BCUT2D eigenvalue weighted by atomic mass is 16.6. The van der Waals surface area contributed by atoms with Gasteiger partial charge in [-0.05, 0) is 13.0 Å². The molecule has 1 rings (SSSR count). The second kappa shape index (κ2) is 7.92. The van der Waals surface area contributed by atoms with Gasteiger partial charge in [0, 0.05) is 34.4 Å². The van der Waals surface area contributed by atoms with E-state index in [9.17, 15) is 20.2 Å². The summed E-state index contributed by atoms with van der Waals surface area (Å²) in [5.41, 5.74) is -1.15. The normalized spacial score (nSPS) is 10.3. The molecule has 9 heteroatoms. The molecule has 0 aliphatic rings. The van der Waals surface area contributed by atoms with Crippen LogP contribution in [0, 0.1) is 21.4 Å². The van der Waals surface area contributed by atoms with Crippen LogP contribution in [0.2, 0.25) is 0 Å². The van der Waals surface area contributed by atoms with Crippen molar-refractivity contribution in [1.29, 1.82) is 5.26 Å². The molecule has 0 aliphatic carbocycles. The largest absolute Gasteiger partial charge is 0.462 e. The second-order valence-electron chi connectivity index (χ2n) is 5.18. The van der Waals surface area contributed by atoms with Gasteiger partial charge in [0.25, 0.3) is 0 Å². The van der Waals surface area contributed by atoms with Gasteiger partial charge in [-0.15, -0.1) is 0 Å². The van der Waals surface area contributed by atoms with Crippen molar-refractivity contribution in [3.63, 3.8) is 0 Å². The average molecular weight is 333 g/mol. The van der Waals surface area contributed by atoms with Gasteiger partial charge in [-0.3, -0.25) is 10.1 Å². The molecule has 0 N–H and O–H groups in total. The predicted octanol–water partition coefficient (Wildman–Crippen LogP) is 1.64. The Bertz CT molecular complexity index is 720. The van der Waals surface area contributed by atoms with Crippen LogP contribution in [-0.4, -0.2) is 55.6 Å². The molecule has 9 nitrogen and oxygen atoms in total. The van der Waals surface area contributed by atoms with E-state index in [0.29, 0.717) is 0 Å². The van der Waals surface area contributed by atoms with Gasteiger partial charge in [-0.25, -0.2) is 9.78 Å². The SMILES string of the molecule is CCOC(=O)c1c(C#N)c(N(C)C)nc(/C=C/N(C)C)c1[N+](=O)[O-]. The van der Waals surface area contributed by atoms with Crippen LogP contribution in [0.25, 0.3) is 6.08 Å². The first kappa shape index (κ1) is 18.9. The van der Waals surface area contributed by atoms with Gasteiger partial charge >= 0.3 is 11.7 Å². The van der Waals surface area contributed by atoms with Crippen LogP contribution in [0.5, 0.6) is 0 Å². The maximum atomic E-state index is 12.3. The van der Waals surface area contributed by atoms with E-state index in [1.807, 2.05) is 6.07 Å². The molecule has 1 aromatic rings. The Labute approximate surface area is 139 Å². The molecule has 0 aromatic carbocycles. The van der Waals surface area contributed by atoms with Crippen LogP contribution in [0.3, 0.4) is 0 Å². The molecular formula is C15H19N5O4. The van der Waals surface area contributed by atoms with Gasteiger partial charge in [0.2, 0.25) is 0 Å². The number of carbonyl (C=O) groups is 1. The summed E-state index contributed by atoms with van der Waals surface area (Å²) in [6.07, 6.45) is 2.98. The topological polar surface area (TPSA) is 113 Å². The number of esters is 1. The van der Waals surface area contributed by atoms with Crippen molar-refractivity contribution < 1.29 is 14.5 Å². The molecular weight excluding hydrogens is 314 g/mol. The number of carbonyl (C=O) groups excluding carboxylic acids is 1. The number of pyridine rings is 1. The van der Waals surface area contributed by atoms with E-state index in [0.717, 1.165) is 0 Å². The number of nitro groups is 1. The molecule has 0 unspecified atom stereocenters. The minimum absolute atomic E-state index is 0.0283. The first-order chi connectivity index (χ1) is 11.2. The van der Waals surface area contributed by atoms with Crippen LogP contribution >= 0.6 is 0 Å². The number of nitriles is 1. The summed E-state index contributed by atoms with van der Waals surface area (Å²) in [7, 11) is 6.74. The maximum absolute atomic E-state index is 12.3. The summed E-state index contributed by atoms with van der Waals surface area (Å²) in [5.74, 6) is -0.768. The third kappa shape index (κ3) is 3.98. The summed E-state index contributed by atoms with van der Waals surface area (Å²) in [5, 5.41) is 20.9. The van der Waals surface area contributed by atoms with Gasteiger partial charge in [0.15, 0.2) is 5.56 Å². The Morgan fingerprint density at radius 1 is 1.42 bits per heavy atom. The lowest BCUT2D eigenvalue weighted by Gasteiger charge is -2.16. The number of anilines is 1. The van der Waals surface area contributed by atoms with E-state index in [-0.39, 0.29) is 29.2 Å². The average Bonchev–Trinajstić information content (AvgIpc) is 2.50. The number of rotatable bonds is 6. The number of hydrogen-bond acceptors (Lipinski definition) is 8. The predicted molar refractivity (Wildman–Crippen MR) is 88.6 cm³/mol. The molecule has 0 bridgehead atoms. The monoisotopic (exact) mass is 333 g/mol. The Morgan fingerprint density at radius 2 is 2.04 bits per heavy atom. The first-order valence-corrected chi connectivity index (χ1v) is 7.06. The fraction of sp³-hybridized carbons (Fsp3) is 0.400. The third-order valence-corrected chi connectivity index (χ3v) is 2.91. The Kier molecular flexibility index (Phi) is 6.23. The molecule has 24 heavy (non-hydrogen) atoms. The molecule has 0 saturated heterocycles. The minimum Gasteiger partial charge on any atom is -0.462 e. The zero-order chi connectivity index (χ0) is 18.4. The highest BCUT2D eigenvalue weighted by Crippen LogP contribution is 2.32. The number of aromatic nitrogens is 1. The molecule has 1 aromatic heterocycles. The summed E-state index contributed by atoms with van der Waals surface area (Å²) < 4.78 is 4.90. The van der Waals surface area contributed by atoms with E-state index >= 15 is 0 Å². The van der Waals surface area contributed by atoms with Gasteiger partial charge in [0.1, 0.15) is 23.1 Å². The molecule has 0 amide bonds. The summed E-state index contributed by atoms with van der Waals surface area (Å²) >= 11 is 0. The van der Waals surface area contributed by atoms with Gasteiger partial charge < -0.3 is 14.5 Å². The summed E-state index contributed by atoms with van der Waals surface area (Å²) in [6, 6.07) is 1.83. The number of hydrogen-bond donors (Lipinski definition) is 0. The van der Waals surface area contributed by atoms with Crippen molar-refractivity contribution in [3.05, 3.63) is 33.1 Å². The lowest BCUT2D eigenvalue weighted by Crippen LogP contribution is -2.19. The van der Waals surface area contributed by atoms with Crippen molar-refractivity contribution >= 4 is 23.6 Å². The molecule has 0 radical (unpaired) electrons. The molecule has 1 heterocycles. The van der Waals surface area contributed by atoms with Crippen LogP contribution in [0.1, 0.15) is 28.5 Å². The molecule has 128 valence electrons. The quantitative estimate of drug-likeness (QED) is 0.438. The molecule has 0 atom stereocenters. The molecule has 0 saturated carbocycles. The summed E-state index contributed by atoms with van der Waals surface area (Å²) in [4.78, 5) is 30.4. The first-order valence-electron chi connectivity index (χ1n) is 7.06. The minimum atomic E-state index is -0.925. The lowest BCUT2D eigenvalue weighted by molar-refractivity contribution is -0.385. The van der Waals surface area contributed by atoms with E-state index < -0.39 is 16.6 Å². The smallest absolute Gasteiger partial charge is 0.346 e. The number of ether oxygens (including phenoxy) is 1. The van der Waals surface area contributed by atoms with Crippen LogP contribution in [0.15, 0.2) is 6.20 Å². The standard InChI is InChI=1S/C15H19N5O4/c1-6-24-15(21)12-10(9-16)14(19(4)5)17-11(7-8-18(2)3)13(12)20(22)23/h7-8H,6H2,1-5H3/b8-7+. The van der Waals surface area contributed by atoms with Crippen molar-refractivity contribution in [2.24, 2.45) is 0 Å². The van der Waals surface area contributed by atoms with E-state index in [4.69, 9.17) is 4.74 Å².